The van der Waals surface area contributed by atoms with Crippen LogP contribution in [0.15, 0.2) is 29.2 Å². The Kier molecular flexibility index (Phi) is 4.45. The molecule has 0 bridgehead atoms. The SMILES string of the molecule is CN[C@@H]1CCCN(C(=O)c2ccccc2S(C)(=O)=O)C1. The van der Waals surface area contributed by atoms with E-state index in [1.54, 1.807) is 23.1 Å². The van der Waals surface area contributed by atoms with Crippen molar-refractivity contribution in [3.05, 3.63) is 29.8 Å². The highest BCUT2D eigenvalue weighted by Gasteiger charge is 2.26. The van der Waals surface area contributed by atoms with Gasteiger partial charge in [-0.3, -0.25) is 4.79 Å². The van der Waals surface area contributed by atoms with Gasteiger partial charge >= 0.3 is 0 Å². The lowest BCUT2D eigenvalue weighted by Gasteiger charge is -2.33. The normalized spacial score (nSPS) is 19.9. The van der Waals surface area contributed by atoms with E-state index in [1.165, 1.54) is 6.07 Å². The minimum atomic E-state index is -3.40. The van der Waals surface area contributed by atoms with E-state index < -0.39 is 9.84 Å². The molecular formula is C14H20N2O3S. The van der Waals surface area contributed by atoms with Crippen LogP contribution in [0.3, 0.4) is 0 Å². The second-order valence-electron chi connectivity index (χ2n) is 5.15. The molecule has 1 aliphatic heterocycles. The third kappa shape index (κ3) is 3.19. The van der Waals surface area contributed by atoms with Crippen molar-refractivity contribution in [3.8, 4) is 0 Å². The van der Waals surface area contributed by atoms with Crippen molar-refractivity contribution in [2.75, 3.05) is 26.4 Å². The summed E-state index contributed by atoms with van der Waals surface area (Å²) >= 11 is 0. The van der Waals surface area contributed by atoms with E-state index >= 15 is 0 Å². The summed E-state index contributed by atoms with van der Waals surface area (Å²) in [6.07, 6.45) is 3.10. The summed E-state index contributed by atoms with van der Waals surface area (Å²) in [5.41, 5.74) is 0.270. The van der Waals surface area contributed by atoms with Crippen LogP contribution in [0.1, 0.15) is 23.2 Å². The van der Waals surface area contributed by atoms with Gasteiger partial charge < -0.3 is 10.2 Å². The number of sulfone groups is 1. The molecule has 5 nitrogen and oxygen atoms in total. The molecule has 1 aromatic rings. The van der Waals surface area contributed by atoms with E-state index in [4.69, 9.17) is 0 Å². The average molecular weight is 296 g/mol. The van der Waals surface area contributed by atoms with Crippen LogP contribution in [-0.2, 0) is 9.84 Å². The van der Waals surface area contributed by atoms with Crippen molar-refractivity contribution < 1.29 is 13.2 Å². The molecule has 1 N–H and O–H groups in total. The number of nitrogens with one attached hydrogen (secondary N) is 1. The Morgan fingerprint density at radius 2 is 2.05 bits per heavy atom. The van der Waals surface area contributed by atoms with Crippen molar-refractivity contribution in [2.45, 2.75) is 23.8 Å². The number of piperidine rings is 1. The van der Waals surface area contributed by atoms with Crippen LogP contribution in [0.5, 0.6) is 0 Å². The van der Waals surface area contributed by atoms with Crippen LogP contribution < -0.4 is 5.32 Å². The van der Waals surface area contributed by atoms with Crippen molar-refractivity contribution >= 4 is 15.7 Å². The summed E-state index contributed by atoms with van der Waals surface area (Å²) in [4.78, 5) is 14.4. The monoisotopic (exact) mass is 296 g/mol. The van der Waals surface area contributed by atoms with E-state index in [9.17, 15) is 13.2 Å². The molecule has 6 heteroatoms. The largest absolute Gasteiger partial charge is 0.337 e. The fourth-order valence-corrected chi connectivity index (χ4v) is 3.41. The zero-order chi connectivity index (χ0) is 14.8. The van der Waals surface area contributed by atoms with Crippen LogP contribution in [0, 0.1) is 0 Å². The van der Waals surface area contributed by atoms with Gasteiger partial charge in [0.1, 0.15) is 0 Å². The standard InChI is InChI=1S/C14H20N2O3S/c1-15-11-6-5-9-16(10-11)14(17)12-7-3-4-8-13(12)20(2,18)19/h3-4,7-8,11,15H,5-6,9-10H2,1-2H3/t11-/m1/s1. The van der Waals surface area contributed by atoms with E-state index in [0.717, 1.165) is 19.1 Å². The molecule has 0 unspecified atom stereocenters. The highest BCUT2D eigenvalue weighted by atomic mass is 32.2. The van der Waals surface area contributed by atoms with Gasteiger partial charge in [-0.2, -0.15) is 0 Å². The van der Waals surface area contributed by atoms with Gasteiger partial charge in [-0.15, -0.1) is 0 Å². The second kappa shape index (κ2) is 5.93. The van der Waals surface area contributed by atoms with Crippen molar-refractivity contribution in [2.24, 2.45) is 0 Å². The molecule has 1 atom stereocenters. The number of nitrogens with zero attached hydrogens (tertiary/aromatic N) is 1. The fraction of sp³-hybridized carbons (Fsp3) is 0.500. The summed E-state index contributed by atoms with van der Waals surface area (Å²) in [7, 11) is -1.52. The highest BCUT2D eigenvalue weighted by molar-refractivity contribution is 7.90. The number of carbonyl (C=O) groups is 1. The first-order chi connectivity index (χ1) is 9.43. The molecule has 1 amide bonds. The Morgan fingerprint density at radius 3 is 2.70 bits per heavy atom. The van der Waals surface area contributed by atoms with Crippen LogP contribution in [0.25, 0.3) is 0 Å². The van der Waals surface area contributed by atoms with Crippen LogP contribution in [0.4, 0.5) is 0 Å². The number of likely N-dealkylation sites (N-methyl/N-ethyl adjacent to an activating group) is 1. The molecule has 2 rings (SSSR count). The molecule has 1 fully saturated rings. The Labute approximate surface area is 119 Å². The summed E-state index contributed by atoms with van der Waals surface area (Å²) in [5.74, 6) is -0.203. The molecule has 1 heterocycles. The minimum Gasteiger partial charge on any atom is -0.337 e. The van der Waals surface area contributed by atoms with Crippen molar-refractivity contribution in [1.82, 2.24) is 10.2 Å². The number of hydrogen-bond acceptors (Lipinski definition) is 4. The van der Waals surface area contributed by atoms with E-state index in [0.29, 0.717) is 13.1 Å². The predicted octanol–water partition coefficient (Wildman–Crippen LogP) is 0.914. The minimum absolute atomic E-state index is 0.108. The smallest absolute Gasteiger partial charge is 0.255 e. The van der Waals surface area contributed by atoms with Crippen LogP contribution in [0.2, 0.25) is 0 Å². The fourth-order valence-electron chi connectivity index (χ4n) is 2.53. The lowest BCUT2D eigenvalue weighted by molar-refractivity contribution is 0.0694. The number of benzene rings is 1. The van der Waals surface area contributed by atoms with E-state index in [2.05, 4.69) is 5.32 Å². The third-order valence-electron chi connectivity index (χ3n) is 3.63. The maximum atomic E-state index is 12.6. The molecule has 20 heavy (non-hydrogen) atoms. The highest BCUT2D eigenvalue weighted by Crippen LogP contribution is 2.19. The molecule has 0 radical (unpaired) electrons. The number of likely N-dealkylation sites (tertiary alicyclic amines) is 1. The summed E-state index contributed by atoms with van der Waals surface area (Å²) in [6.45, 7) is 1.29. The Balaban J connectivity index is 2.30. The number of hydrogen-bond donors (Lipinski definition) is 1. The quantitative estimate of drug-likeness (QED) is 0.900. The molecule has 110 valence electrons. The summed E-state index contributed by atoms with van der Waals surface area (Å²) < 4.78 is 23.6. The average Bonchev–Trinajstić information content (AvgIpc) is 2.45. The number of rotatable bonds is 3. The third-order valence-corrected chi connectivity index (χ3v) is 4.79. The van der Waals surface area contributed by atoms with Gasteiger partial charge in [-0.25, -0.2) is 8.42 Å². The van der Waals surface area contributed by atoms with Crippen molar-refractivity contribution in [1.29, 1.82) is 0 Å². The first kappa shape index (κ1) is 15.0. The van der Waals surface area contributed by atoms with Gasteiger partial charge in [0.05, 0.1) is 10.5 Å². The first-order valence-corrected chi connectivity index (χ1v) is 8.58. The molecule has 1 saturated heterocycles. The maximum Gasteiger partial charge on any atom is 0.255 e. The molecule has 0 aliphatic carbocycles. The summed E-state index contributed by atoms with van der Waals surface area (Å²) in [6, 6.07) is 6.68. The number of amides is 1. The van der Waals surface area contributed by atoms with Gasteiger partial charge in [0.2, 0.25) is 0 Å². The maximum absolute atomic E-state index is 12.6. The van der Waals surface area contributed by atoms with Gasteiger partial charge in [-0.05, 0) is 32.0 Å². The Bertz CT molecular complexity index is 598. The van der Waals surface area contributed by atoms with Gasteiger partial charge in [0.15, 0.2) is 9.84 Å². The van der Waals surface area contributed by atoms with Gasteiger partial charge in [-0.1, -0.05) is 12.1 Å². The molecule has 1 aliphatic rings. The lowest BCUT2D eigenvalue weighted by Crippen LogP contribution is -2.47. The van der Waals surface area contributed by atoms with E-state index in [-0.39, 0.29) is 22.4 Å². The Morgan fingerprint density at radius 1 is 1.35 bits per heavy atom. The topological polar surface area (TPSA) is 66.5 Å². The summed E-state index contributed by atoms with van der Waals surface area (Å²) in [5, 5.41) is 3.17. The predicted molar refractivity (Wildman–Crippen MR) is 77.5 cm³/mol. The second-order valence-corrected chi connectivity index (χ2v) is 7.13. The Hall–Kier alpha value is -1.40. The van der Waals surface area contributed by atoms with Crippen LogP contribution in [-0.4, -0.2) is 51.7 Å². The molecule has 0 spiro atoms. The first-order valence-electron chi connectivity index (χ1n) is 6.69. The molecule has 1 aromatic carbocycles. The zero-order valence-electron chi connectivity index (χ0n) is 11.8. The van der Waals surface area contributed by atoms with Crippen molar-refractivity contribution in [3.63, 3.8) is 0 Å². The zero-order valence-corrected chi connectivity index (χ0v) is 12.6. The number of carbonyl (C=O) groups excluding carboxylic acids is 1. The van der Waals surface area contributed by atoms with E-state index in [1.807, 2.05) is 7.05 Å². The molecule has 0 saturated carbocycles. The van der Waals surface area contributed by atoms with Crippen LogP contribution >= 0.6 is 0 Å². The van der Waals surface area contributed by atoms with Gasteiger partial charge in [0, 0.05) is 25.4 Å². The molecular weight excluding hydrogens is 276 g/mol. The van der Waals surface area contributed by atoms with Gasteiger partial charge in [0.25, 0.3) is 5.91 Å². The lowest BCUT2D eigenvalue weighted by atomic mass is 10.0. The molecule has 0 aromatic heterocycles.